The number of nitrogens with two attached hydrogens (primary N) is 1. The van der Waals surface area contributed by atoms with Gasteiger partial charge in [0, 0.05) is 6.54 Å². The second-order valence-corrected chi connectivity index (χ2v) is 6.92. The number of aromatic nitrogens is 2. The van der Waals surface area contributed by atoms with Crippen LogP contribution in [0.5, 0.6) is 0 Å². The third-order valence-electron chi connectivity index (χ3n) is 2.93. The molecule has 1 aliphatic heterocycles. The summed E-state index contributed by atoms with van der Waals surface area (Å²) in [4.78, 5) is 24.6. The molecular weight excluding hydrogens is 308 g/mol. The minimum atomic E-state index is -0.554. The van der Waals surface area contributed by atoms with E-state index in [-0.39, 0.29) is 23.1 Å². The first-order valence-corrected chi connectivity index (χ1v) is 7.99. The quantitative estimate of drug-likeness (QED) is 0.837. The van der Waals surface area contributed by atoms with Crippen LogP contribution in [0.15, 0.2) is 9.64 Å². The highest BCUT2D eigenvalue weighted by molar-refractivity contribution is 7.99. The maximum Gasteiger partial charge on any atom is 0.410 e. The van der Waals surface area contributed by atoms with Gasteiger partial charge in [-0.25, -0.2) is 4.79 Å². The molecule has 0 aromatic carbocycles. The van der Waals surface area contributed by atoms with Crippen LogP contribution in [0.1, 0.15) is 45.5 Å². The lowest BCUT2D eigenvalue weighted by Crippen LogP contribution is -2.36. The van der Waals surface area contributed by atoms with Crippen molar-refractivity contribution in [2.45, 2.75) is 50.5 Å². The monoisotopic (exact) mass is 328 g/mol. The standard InChI is InChI=1S/C13H20N4O4S/c1-13(2,3)21-12(19)17-6-4-5-8(17)10-15-16-11(20-10)22-7-9(14)18/h8H,4-7H2,1-3H3,(H2,14,18)/t8-/m1/s1. The molecule has 1 atom stereocenters. The largest absolute Gasteiger partial charge is 0.444 e. The maximum atomic E-state index is 12.2. The van der Waals surface area contributed by atoms with Crippen molar-refractivity contribution >= 4 is 23.8 Å². The molecule has 2 N–H and O–H groups in total. The molecule has 1 saturated heterocycles. The fourth-order valence-corrected chi connectivity index (χ4v) is 2.62. The molecule has 1 aromatic rings. The van der Waals surface area contributed by atoms with E-state index in [0.717, 1.165) is 24.6 Å². The van der Waals surface area contributed by atoms with Crippen molar-refractivity contribution in [3.05, 3.63) is 5.89 Å². The number of carbonyl (C=O) groups is 2. The molecule has 2 rings (SSSR count). The Balaban J connectivity index is 2.04. The summed E-state index contributed by atoms with van der Waals surface area (Å²) in [6.45, 7) is 6.05. The van der Waals surface area contributed by atoms with E-state index in [0.29, 0.717) is 12.4 Å². The molecule has 0 bridgehead atoms. The lowest BCUT2D eigenvalue weighted by atomic mass is 10.2. The summed E-state index contributed by atoms with van der Waals surface area (Å²) in [6, 6.07) is -0.287. The number of ether oxygens (including phenoxy) is 1. The second-order valence-electron chi connectivity index (χ2n) is 5.99. The van der Waals surface area contributed by atoms with Crippen LogP contribution < -0.4 is 5.73 Å². The molecule has 1 fully saturated rings. The van der Waals surface area contributed by atoms with Crippen molar-refractivity contribution in [2.24, 2.45) is 5.73 Å². The van der Waals surface area contributed by atoms with E-state index in [1.165, 1.54) is 0 Å². The third kappa shape index (κ3) is 4.36. The van der Waals surface area contributed by atoms with Crippen LogP contribution in [-0.4, -0.2) is 45.0 Å². The first kappa shape index (κ1) is 16.6. The summed E-state index contributed by atoms with van der Waals surface area (Å²) >= 11 is 1.08. The summed E-state index contributed by atoms with van der Waals surface area (Å²) in [7, 11) is 0. The number of hydrogen-bond donors (Lipinski definition) is 1. The minimum Gasteiger partial charge on any atom is -0.444 e. The van der Waals surface area contributed by atoms with E-state index in [4.69, 9.17) is 14.9 Å². The van der Waals surface area contributed by atoms with Crippen LogP contribution in [0.3, 0.4) is 0 Å². The predicted molar refractivity (Wildman–Crippen MR) is 79.1 cm³/mol. The summed E-state index contributed by atoms with van der Waals surface area (Å²) in [5.41, 5.74) is 4.52. The fourth-order valence-electron chi connectivity index (χ4n) is 2.11. The van der Waals surface area contributed by atoms with Gasteiger partial charge in [0.05, 0.1) is 5.75 Å². The number of hydrogen-bond acceptors (Lipinski definition) is 7. The topological polar surface area (TPSA) is 112 Å². The number of amides is 2. The van der Waals surface area contributed by atoms with Crippen molar-refractivity contribution < 1.29 is 18.7 Å². The summed E-state index contributed by atoms with van der Waals surface area (Å²) in [5, 5.41) is 8.10. The van der Waals surface area contributed by atoms with Crippen molar-refractivity contribution in [1.29, 1.82) is 0 Å². The molecule has 0 spiro atoms. The first-order chi connectivity index (χ1) is 10.3. The average Bonchev–Trinajstić information content (AvgIpc) is 3.03. The van der Waals surface area contributed by atoms with Crippen LogP contribution in [0.2, 0.25) is 0 Å². The van der Waals surface area contributed by atoms with Gasteiger partial charge in [-0.3, -0.25) is 9.69 Å². The Morgan fingerprint density at radius 2 is 2.18 bits per heavy atom. The predicted octanol–water partition coefficient (Wildman–Crippen LogP) is 1.72. The molecule has 122 valence electrons. The number of primary amides is 1. The van der Waals surface area contributed by atoms with Crippen LogP contribution in [0, 0.1) is 0 Å². The maximum absolute atomic E-state index is 12.2. The normalized spacial score (nSPS) is 18.5. The zero-order valence-corrected chi connectivity index (χ0v) is 13.7. The first-order valence-electron chi connectivity index (χ1n) is 7.00. The highest BCUT2D eigenvalue weighted by atomic mass is 32.2. The Hall–Kier alpha value is -1.77. The van der Waals surface area contributed by atoms with Gasteiger partial charge in [-0.05, 0) is 33.6 Å². The van der Waals surface area contributed by atoms with Crippen molar-refractivity contribution in [1.82, 2.24) is 15.1 Å². The van der Waals surface area contributed by atoms with Gasteiger partial charge < -0.3 is 14.9 Å². The van der Waals surface area contributed by atoms with Gasteiger partial charge in [0.2, 0.25) is 11.8 Å². The smallest absolute Gasteiger partial charge is 0.410 e. The molecule has 0 aliphatic carbocycles. The molecule has 2 amide bonds. The highest BCUT2D eigenvalue weighted by Crippen LogP contribution is 2.33. The van der Waals surface area contributed by atoms with Crippen LogP contribution in [0.25, 0.3) is 0 Å². The number of thioether (sulfide) groups is 1. The van der Waals surface area contributed by atoms with E-state index < -0.39 is 11.5 Å². The zero-order chi connectivity index (χ0) is 16.3. The van der Waals surface area contributed by atoms with Crippen molar-refractivity contribution in [2.75, 3.05) is 12.3 Å². The van der Waals surface area contributed by atoms with Crippen LogP contribution >= 0.6 is 11.8 Å². The Labute approximate surface area is 132 Å². The lowest BCUT2D eigenvalue weighted by molar-refractivity contribution is -0.115. The Bertz CT molecular complexity index is 554. The van der Waals surface area contributed by atoms with Gasteiger partial charge in [0.25, 0.3) is 5.22 Å². The number of carbonyl (C=O) groups excluding carboxylic acids is 2. The van der Waals surface area contributed by atoms with Gasteiger partial charge in [0.15, 0.2) is 0 Å². The van der Waals surface area contributed by atoms with Crippen LogP contribution in [-0.2, 0) is 9.53 Å². The molecule has 8 nitrogen and oxygen atoms in total. The van der Waals surface area contributed by atoms with Gasteiger partial charge in [-0.2, -0.15) is 0 Å². The average molecular weight is 328 g/mol. The molecule has 9 heteroatoms. The summed E-state index contributed by atoms with van der Waals surface area (Å²) < 4.78 is 10.9. The van der Waals surface area contributed by atoms with Gasteiger partial charge in [-0.1, -0.05) is 11.8 Å². The Morgan fingerprint density at radius 3 is 2.82 bits per heavy atom. The molecule has 0 unspecified atom stereocenters. The zero-order valence-electron chi connectivity index (χ0n) is 12.9. The van der Waals surface area contributed by atoms with Crippen molar-refractivity contribution in [3.63, 3.8) is 0 Å². The van der Waals surface area contributed by atoms with E-state index in [1.54, 1.807) is 4.90 Å². The molecule has 2 heterocycles. The van der Waals surface area contributed by atoms with E-state index in [9.17, 15) is 9.59 Å². The third-order valence-corrected chi connectivity index (χ3v) is 3.77. The molecule has 0 saturated carbocycles. The lowest BCUT2D eigenvalue weighted by Gasteiger charge is -2.27. The number of rotatable bonds is 4. The van der Waals surface area contributed by atoms with Gasteiger partial charge >= 0.3 is 6.09 Å². The molecule has 22 heavy (non-hydrogen) atoms. The number of nitrogens with zero attached hydrogens (tertiary/aromatic N) is 3. The van der Waals surface area contributed by atoms with Crippen molar-refractivity contribution in [3.8, 4) is 0 Å². The second kappa shape index (κ2) is 6.55. The van der Waals surface area contributed by atoms with Gasteiger partial charge in [-0.15, -0.1) is 10.2 Å². The molecule has 1 aliphatic rings. The molecular formula is C13H20N4O4S. The SMILES string of the molecule is CC(C)(C)OC(=O)N1CCC[C@@H]1c1nnc(SCC(N)=O)o1. The Kier molecular flexibility index (Phi) is 4.94. The summed E-state index contributed by atoms with van der Waals surface area (Å²) in [6.07, 6.45) is 1.19. The summed E-state index contributed by atoms with van der Waals surface area (Å²) in [5.74, 6) is -0.0291. The minimum absolute atomic E-state index is 0.0715. The molecule has 1 aromatic heterocycles. The number of likely N-dealkylation sites (tertiary alicyclic amines) is 1. The van der Waals surface area contributed by atoms with E-state index in [1.807, 2.05) is 20.8 Å². The fraction of sp³-hybridized carbons (Fsp3) is 0.692. The highest BCUT2D eigenvalue weighted by Gasteiger charge is 2.36. The Morgan fingerprint density at radius 1 is 1.45 bits per heavy atom. The van der Waals surface area contributed by atoms with E-state index in [2.05, 4.69) is 10.2 Å². The van der Waals surface area contributed by atoms with E-state index >= 15 is 0 Å². The molecule has 0 radical (unpaired) electrons. The van der Waals surface area contributed by atoms with Gasteiger partial charge in [0.1, 0.15) is 11.6 Å². The van der Waals surface area contributed by atoms with Crippen LogP contribution in [0.4, 0.5) is 4.79 Å².